The highest BCUT2D eigenvalue weighted by Gasteiger charge is 2.44. The van der Waals surface area contributed by atoms with Crippen LogP contribution >= 0.6 is 11.6 Å². The number of nitrogens with two attached hydrogens (primary N) is 1. The molecule has 0 aromatic heterocycles. The Morgan fingerprint density at radius 2 is 1.64 bits per heavy atom. The molecule has 0 spiro atoms. The summed E-state index contributed by atoms with van der Waals surface area (Å²) in [6, 6.07) is 14.9. The van der Waals surface area contributed by atoms with Gasteiger partial charge in [0.15, 0.2) is 11.5 Å². The number of ether oxygens (including phenoxy) is 3. The van der Waals surface area contributed by atoms with E-state index in [9.17, 15) is 32.3 Å². The van der Waals surface area contributed by atoms with Crippen LogP contribution in [0.2, 0.25) is 5.02 Å². The fourth-order valence-corrected chi connectivity index (χ4v) is 4.02. The number of carbonyl (C=O) groups excluding carboxylic acids is 4. The lowest BCUT2D eigenvalue weighted by molar-refractivity contribution is -0.217. The molecule has 17 heteroatoms. The smallest absolute Gasteiger partial charge is 0.490 e. The number of carbonyl (C=O) groups is 4. The van der Waals surface area contributed by atoms with Gasteiger partial charge in [0, 0.05) is 25.3 Å². The first-order chi connectivity index (χ1) is 22.1. The Morgan fingerprint density at radius 3 is 2.21 bits per heavy atom. The number of halogens is 4. The van der Waals surface area contributed by atoms with Crippen LogP contribution in [-0.4, -0.2) is 67.6 Å². The number of hydrogen-bond acceptors (Lipinski definition) is 9. The molecule has 2 atom stereocenters. The zero-order valence-corrected chi connectivity index (χ0v) is 25.9. The standard InChI is InChI=1S/C30H30ClF3N6O7/c1-4-45-22-15-17(11-14-21(22)46-28(27(43)40(2)3)47-29(44)30(32,33)34)23(37-18-12-9-16(10-13-18)24(35)36)26(42)39-38-25(41)19-7-5-6-8-20(19)31/h5-15,23,28,37H,4H2,1-3H3,(H3,35,36)(H,38,41)(H,39,42). The fraction of sp³-hybridized carbons (Fsp3) is 0.233. The first kappa shape index (κ1) is 36.0. The van der Waals surface area contributed by atoms with Crippen molar-refractivity contribution < 1.29 is 46.6 Å². The number of hydrazine groups is 1. The Hall–Kier alpha value is -5.51. The molecular formula is C30H30ClF3N6O7. The van der Waals surface area contributed by atoms with Gasteiger partial charge >= 0.3 is 24.3 Å². The third kappa shape index (κ3) is 9.74. The van der Waals surface area contributed by atoms with Gasteiger partial charge in [-0.2, -0.15) is 13.2 Å². The first-order valence-electron chi connectivity index (χ1n) is 13.6. The summed E-state index contributed by atoms with van der Waals surface area (Å²) in [6.45, 7) is 1.60. The lowest BCUT2D eigenvalue weighted by Crippen LogP contribution is -2.45. The van der Waals surface area contributed by atoms with Crippen molar-refractivity contribution in [2.75, 3.05) is 26.0 Å². The van der Waals surface area contributed by atoms with Gasteiger partial charge in [-0.05, 0) is 61.0 Å². The number of hydrogen-bond donors (Lipinski definition) is 5. The molecule has 0 bridgehead atoms. The summed E-state index contributed by atoms with van der Waals surface area (Å²) in [5, 5.41) is 10.7. The largest absolute Gasteiger partial charge is 0.491 e. The van der Waals surface area contributed by atoms with Gasteiger partial charge in [0.2, 0.25) is 0 Å². The van der Waals surface area contributed by atoms with Crippen molar-refractivity contribution in [3.63, 3.8) is 0 Å². The number of anilines is 1. The molecule has 3 amide bonds. The van der Waals surface area contributed by atoms with Gasteiger partial charge in [-0.3, -0.25) is 30.6 Å². The Kier molecular flexibility index (Phi) is 12.0. The van der Waals surface area contributed by atoms with E-state index in [0.29, 0.717) is 11.3 Å². The third-order valence-corrected chi connectivity index (χ3v) is 6.44. The molecule has 250 valence electrons. The minimum Gasteiger partial charge on any atom is -0.490 e. The molecule has 6 N–H and O–H groups in total. The van der Waals surface area contributed by atoms with E-state index in [-0.39, 0.29) is 40.1 Å². The maximum absolute atomic E-state index is 13.5. The second-order valence-corrected chi connectivity index (χ2v) is 10.1. The van der Waals surface area contributed by atoms with Crippen LogP contribution in [0, 0.1) is 5.41 Å². The van der Waals surface area contributed by atoms with E-state index in [2.05, 4.69) is 20.9 Å². The van der Waals surface area contributed by atoms with Crippen molar-refractivity contribution in [2.45, 2.75) is 25.4 Å². The molecule has 47 heavy (non-hydrogen) atoms. The Balaban J connectivity index is 1.97. The molecule has 0 saturated heterocycles. The van der Waals surface area contributed by atoms with Gasteiger partial charge in [-0.1, -0.05) is 29.8 Å². The molecule has 0 fully saturated rings. The van der Waals surface area contributed by atoms with Crippen molar-refractivity contribution in [3.05, 3.63) is 88.4 Å². The summed E-state index contributed by atoms with van der Waals surface area (Å²) in [6.07, 6.45) is -7.74. The van der Waals surface area contributed by atoms with Crippen LogP contribution in [0.15, 0.2) is 66.7 Å². The molecule has 3 aromatic carbocycles. The van der Waals surface area contributed by atoms with Crippen LogP contribution in [0.25, 0.3) is 0 Å². The van der Waals surface area contributed by atoms with Gasteiger partial charge in [0.25, 0.3) is 11.8 Å². The molecule has 0 heterocycles. The Labute approximate surface area is 271 Å². The summed E-state index contributed by atoms with van der Waals surface area (Å²) < 4.78 is 54.1. The van der Waals surface area contributed by atoms with Crippen LogP contribution < -0.4 is 31.4 Å². The van der Waals surface area contributed by atoms with Crippen molar-refractivity contribution in [1.29, 1.82) is 5.41 Å². The minimum atomic E-state index is -5.41. The van der Waals surface area contributed by atoms with Crippen molar-refractivity contribution in [3.8, 4) is 11.5 Å². The second kappa shape index (κ2) is 15.7. The topological polar surface area (TPSA) is 185 Å². The van der Waals surface area contributed by atoms with Crippen LogP contribution in [-0.2, 0) is 19.1 Å². The highest BCUT2D eigenvalue weighted by Crippen LogP contribution is 2.33. The van der Waals surface area contributed by atoms with Crippen LogP contribution in [0.4, 0.5) is 18.9 Å². The minimum absolute atomic E-state index is 0.0130. The van der Waals surface area contributed by atoms with E-state index in [1.54, 1.807) is 31.2 Å². The van der Waals surface area contributed by atoms with Crippen LogP contribution in [0.3, 0.4) is 0 Å². The molecule has 0 saturated carbocycles. The molecule has 0 aliphatic heterocycles. The van der Waals surface area contributed by atoms with Gasteiger partial charge in [0.05, 0.1) is 17.2 Å². The summed E-state index contributed by atoms with van der Waals surface area (Å²) in [7, 11) is 2.43. The van der Waals surface area contributed by atoms with Gasteiger partial charge < -0.3 is 30.2 Å². The number of alkyl halides is 3. The SMILES string of the molecule is CCOc1cc(C(Nc2ccc(C(=N)N)cc2)C(=O)NNC(=O)c2ccccc2Cl)ccc1OC(OC(=O)C(F)(F)F)C(=O)N(C)C. The average molecular weight is 679 g/mol. The molecule has 3 aromatic rings. The summed E-state index contributed by atoms with van der Waals surface area (Å²) in [5.41, 5.74) is 11.2. The van der Waals surface area contributed by atoms with E-state index in [1.807, 2.05) is 0 Å². The summed E-state index contributed by atoms with van der Waals surface area (Å²) in [4.78, 5) is 51.1. The third-order valence-electron chi connectivity index (χ3n) is 6.11. The van der Waals surface area contributed by atoms with E-state index in [1.165, 1.54) is 56.6 Å². The molecule has 13 nitrogen and oxygen atoms in total. The fourth-order valence-electron chi connectivity index (χ4n) is 3.80. The number of benzene rings is 3. The van der Waals surface area contributed by atoms with Gasteiger partial charge in [-0.15, -0.1) is 0 Å². The van der Waals surface area contributed by atoms with Gasteiger partial charge in [-0.25, -0.2) is 4.79 Å². The quantitative estimate of drug-likeness (QED) is 0.0628. The number of amides is 3. The molecule has 0 aliphatic carbocycles. The summed E-state index contributed by atoms with van der Waals surface area (Å²) >= 11 is 6.08. The zero-order chi connectivity index (χ0) is 34.9. The van der Waals surface area contributed by atoms with E-state index in [0.717, 1.165) is 4.90 Å². The zero-order valence-electron chi connectivity index (χ0n) is 25.1. The number of likely N-dealkylation sites (N-methyl/N-ethyl adjacent to an activating group) is 1. The van der Waals surface area contributed by atoms with Crippen molar-refractivity contribution >= 4 is 46.8 Å². The van der Waals surface area contributed by atoms with Crippen molar-refractivity contribution in [2.24, 2.45) is 5.73 Å². The molecule has 3 rings (SSSR count). The summed E-state index contributed by atoms with van der Waals surface area (Å²) in [5.74, 6) is -5.86. The van der Waals surface area contributed by atoms with Crippen LogP contribution in [0.5, 0.6) is 11.5 Å². The molecular weight excluding hydrogens is 649 g/mol. The van der Waals surface area contributed by atoms with E-state index in [4.69, 9.17) is 32.2 Å². The average Bonchev–Trinajstić information content (AvgIpc) is 3.02. The van der Waals surface area contributed by atoms with Gasteiger partial charge in [0.1, 0.15) is 11.9 Å². The number of amidine groups is 1. The highest BCUT2D eigenvalue weighted by atomic mass is 35.5. The van der Waals surface area contributed by atoms with E-state index < -0.39 is 42.2 Å². The van der Waals surface area contributed by atoms with Crippen LogP contribution in [0.1, 0.15) is 34.5 Å². The normalized spacial score (nSPS) is 12.1. The predicted molar refractivity (Wildman–Crippen MR) is 164 cm³/mol. The number of nitrogens with zero attached hydrogens (tertiary/aromatic N) is 1. The molecule has 2 unspecified atom stereocenters. The molecule has 0 radical (unpaired) electrons. The lowest BCUT2D eigenvalue weighted by atomic mass is 10.0. The number of nitrogen functional groups attached to an aromatic ring is 1. The van der Waals surface area contributed by atoms with E-state index >= 15 is 0 Å². The monoisotopic (exact) mass is 678 g/mol. The number of esters is 1. The predicted octanol–water partition coefficient (Wildman–Crippen LogP) is 3.54. The maximum Gasteiger partial charge on any atom is 0.491 e. The number of nitrogens with one attached hydrogen (secondary N) is 4. The molecule has 0 aliphatic rings. The Morgan fingerprint density at radius 1 is 0.979 bits per heavy atom. The Bertz CT molecular complexity index is 1640. The van der Waals surface area contributed by atoms with Crippen molar-refractivity contribution in [1.82, 2.24) is 15.8 Å². The lowest BCUT2D eigenvalue weighted by Gasteiger charge is -2.24. The first-order valence-corrected chi connectivity index (χ1v) is 14.0. The maximum atomic E-state index is 13.5. The second-order valence-electron chi connectivity index (χ2n) is 9.72. The highest BCUT2D eigenvalue weighted by molar-refractivity contribution is 6.33. The number of rotatable bonds is 12.